The number of ether oxygens (including phenoxy) is 1. The van der Waals surface area contributed by atoms with Crippen molar-refractivity contribution in [2.24, 2.45) is 0 Å². The lowest BCUT2D eigenvalue weighted by atomic mass is 10.3. The maximum atomic E-state index is 9.65. The molecule has 1 heterocycles. The topological polar surface area (TPSA) is 45.6 Å². The molecule has 0 fully saturated rings. The van der Waals surface area contributed by atoms with Crippen LogP contribution in [0.2, 0.25) is 0 Å². The average Bonchev–Trinajstić information content (AvgIpc) is 2.60. The monoisotopic (exact) mass is 244 g/mol. The summed E-state index contributed by atoms with van der Waals surface area (Å²) in [5, 5.41) is 12.8. The third-order valence-corrected chi connectivity index (χ3v) is 2.96. The Morgan fingerprint density at radius 3 is 2.94 bits per heavy atom. The van der Waals surface area contributed by atoms with Gasteiger partial charge in [-0.3, -0.25) is 4.90 Å². The Bertz CT molecular complexity index is 304. The van der Waals surface area contributed by atoms with Crippen molar-refractivity contribution in [3.8, 4) is 0 Å². The number of likely N-dealkylation sites (N-methyl/N-ethyl adjacent to an activating group) is 1. The van der Waals surface area contributed by atoms with Gasteiger partial charge in [-0.05, 0) is 20.9 Å². The molecule has 0 amide bonds. The van der Waals surface area contributed by atoms with E-state index in [1.165, 1.54) is 0 Å². The van der Waals surface area contributed by atoms with Crippen molar-refractivity contribution in [2.75, 3.05) is 26.8 Å². The Labute approximate surface area is 101 Å². The van der Waals surface area contributed by atoms with Crippen LogP contribution in [0.15, 0.2) is 5.38 Å². The van der Waals surface area contributed by atoms with Gasteiger partial charge in [0.25, 0.3) is 0 Å². The van der Waals surface area contributed by atoms with Gasteiger partial charge in [0.2, 0.25) is 0 Å². The number of aliphatic hydroxyl groups is 1. The minimum Gasteiger partial charge on any atom is -0.389 e. The Balaban J connectivity index is 2.27. The van der Waals surface area contributed by atoms with E-state index in [0.29, 0.717) is 19.8 Å². The van der Waals surface area contributed by atoms with E-state index >= 15 is 0 Å². The first-order chi connectivity index (χ1) is 7.61. The first kappa shape index (κ1) is 13.6. The first-order valence-corrected chi connectivity index (χ1v) is 6.35. The standard InChI is InChI=1S/C11H20N2O2S/c1-4-15-7-11(14)6-13(3)5-10-8-16-9(2)12-10/h8,11,14H,4-7H2,1-3H3. The number of aromatic nitrogens is 1. The molecule has 92 valence electrons. The predicted octanol–water partition coefficient (Wildman–Crippen LogP) is 1.28. The van der Waals surface area contributed by atoms with Gasteiger partial charge in [0, 0.05) is 25.1 Å². The smallest absolute Gasteiger partial charge is 0.0900 e. The number of nitrogens with zero attached hydrogens (tertiary/aromatic N) is 2. The molecule has 0 bridgehead atoms. The van der Waals surface area contributed by atoms with Crippen LogP contribution in [-0.4, -0.2) is 47.9 Å². The highest BCUT2D eigenvalue weighted by atomic mass is 32.1. The van der Waals surface area contributed by atoms with Crippen molar-refractivity contribution in [3.05, 3.63) is 16.1 Å². The van der Waals surface area contributed by atoms with Crippen molar-refractivity contribution in [2.45, 2.75) is 26.5 Å². The van der Waals surface area contributed by atoms with Gasteiger partial charge in [-0.1, -0.05) is 0 Å². The molecule has 0 aromatic carbocycles. The van der Waals surface area contributed by atoms with Gasteiger partial charge < -0.3 is 9.84 Å². The molecule has 0 spiro atoms. The van der Waals surface area contributed by atoms with Gasteiger partial charge in [-0.25, -0.2) is 4.98 Å². The van der Waals surface area contributed by atoms with Crippen LogP contribution < -0.4 is 0 Å². The molecule has 0 aliphatic heterocycles. The molecule has 1 aromatic rings. The summed E-state index contributed by atoms with van der Waals surface area (Å²) in [4.78, 5) is 6.44. The van der Waals surface area contributed by atoms with E-state index in [0.717, 1.165) is 17.2 Å². The van der Waals surface area contributed by atoms with Gasteiger partial charge in [0.05, 0.1) is 23.4 Å². The largest absolute Gasteiger partial charge is 0.389 e. The van der Waals surface area contributed by atoms with Crippen LogP contribution in [0, 0.1) is 6.92 Å². The van der Waals surface area contributed by atoms with Crippen molar-refractivity contribution in [3.63, 3.8) is 0 Å². The summed E-state index contributed by atoms with van der Waals surface area (Å²) in [5.41, 5.74) is 1.06. The molecule has 0 saturated heterocycles. The van der Waals surface area contributed by atoms with Crippen LogP contribution in [0.25, 0.3) is 0 Å². The first-order valence-electron chi connectivity index (χ1n) is 5.47. The van der Waals surface area contributed by atoms with E-state index < -0.39 is 6.10 Å². The lowest BCUT2D eigenvalue weighted by molar-refractivity contribution is 0.0242. The minimum atomic E-state index is -0.426. The van der Waals surface area contributed by atoms with Crippen LogP contribution in [-0.2, 0) is 11.3 Å². The van der Waals surface area contributed by atoms with Gasteiger partial charge in [-0.2, -0.15) is 0 Å². The van der Waals surface area contributed by atoms with Crippen LogP contribution in [0.3, 0.4) is 0 Å². The average molecular weight is 244 g/mol. The molecule has 1 N–H and O–H groups in total. The number of hydrogen-bond donors (Lipinski definition) is 1. The van der Waals surface area contributed by atoms with Gasteiger partial charge in [-0.15, -0.1) is 11.3 Å². The second kappa shape index (κ2) is 6.96. The van der Waals surface area contributed by atoms with E-state index in [9.17, 15) is 5.11 Å². The SMILES string of the molecule is CCOCC(O)CN(C)Cc1csc(C)n1. The summed E-state index contributed by atoms with van der Waals surface area (Å²) in [6.45, 7) is 6.35. The van der Waals surface area contributed by atoms with Crippen LogP contribution in [0.4, 0.5) is 0 Å². The highest BCUT2D eigenvalue weighted by Crippen LogP contribution is 2.09. The fourth-order valence-electron chi connectivity index (χ4n) is 1.49. The molecule has 1 rings (SSSR count). The molecule has 1 atom stereocenters. The van der Waals surface area contributed by atoms with Crippen molar-refractivity contribution < 1.29 is 9.84 Å². The number of aliphatic hydroxyl groups excluding tert-OH is 1. The zero-order valence-corrected chi connectivity index (χ0v) is 11.0. The van der Waals surface area contributed by atoms with E-state index in [4.69, 9.17) is 4.74 Å². The molecule has 0 aliphatic carbocycles. The van der Waals surface area contributed by atoms with E-state index in [1.54, 1.807) is 11.3 Å². The molecule has 4 nitrogen and oxygen atoms in total. The quantitative estimate of drug-likeness (QED) is 0.785. The second-order valence-corrected chi connectivity index (χ2v) is 4.93. The summed E-state index contributed by atoms with van der Waals surface area (Å²) < 4.78 is 5.16. The normalized spacial score (nSPS) is 13.3. The molecule has 5 heteroatoms. The Hall–Kier alpha value is -0.490. The van der Waals surface area contributed by atoms with Crippen molar-refractivity contribution in [1.29, 1.82) is 0 Å². The molecular weight excluding hydrogens is 224 g/mol. The molecule has 0 aliphatic rings. The summed E-state index contributed by atoms with van der Waals surface area (Å²) in [6.07, 6.45) is -0.426. The third-order valence-electron chi connectivity index (χ3n) is 2.14. The summed E-state index contributed by atoms with van der Waals surface area (Å²) in [5.74, 6) is 0. The number of rotatable bonds is 7. The second-order valence-electron chi connectivity index (χ2n) is 3.87. The van der Waals surface area contributed by atoms with Crippen LogP contribution in [0.1, 0.15) is 17.6 Å². The molecule has 1 unspecified atom stereocenters. The van der Waals surface area contributed by atoms with E-state index in [1.807, 2.05) is 20.9 Å². The summed E-state index contributed by atoms with van der Waals surface area (Å²) in [7, 11) is 1.98. The zero-order chi connectivity index (χ0) is 12.0. The summed E-state index contributed by atoms with van der Waals surface area (Å²) >= 11 is 1.65. The molecule has 0 radical (unpaired) electrons. The predicted molar refractivity (Wildman–Crippen MR) is 65.7 cm³/mol. The number of aryl methyl sites for hydroxylation is 1. The maximum absolute atomic E-state index is 9.65. The van der Waals surface area contributed by atoms with Crippen LogP contribution in [0.5, 0.6) is 0 Å². The molecular formula is C11H20N2O2S. The maximum Gasteiger partial charge on any atom is 0.0900 e. The van der Waals surface area contributed by atoms with Crippen molar-refractivity contribution in [1.82, 2.24) is 9.88 Å². The lowest BCUT2D eigenvalue weighted by Gasteiger charge is -2.19. The Morgan fingerprint density at radius 2 is 2.38 bits per heavy atom. The third kappa shape index (κ3) is 5.03. The van der Waals surface area contributed by atoms with Gasteiger partial charge in [0.1, 0.15) is 0 Å². The highest BCUT2D eigenvalue weighted by Gasteiger charge is 2.09. The lowest BCUT2D eigenvalue weighted by Crippen LogP contribution is -2.32. The van der Waals surface area contributed by atoms with E-state index in [-0.39, 0.29) is 0 Å². The van der Waals surface area contributed by atoms with E-state index in [2.05, 4.69) is 15.3 Å². The fraction of sp³-hybridized carbons (Fsp3) is 0.727. The number of thiazole rings is 1. The zero-order valence-electron chi connectivity index (χ0n) is 10.1. The Morgan fingerprint density at radius 1 is 1.62 bits per heavy atom. The minimum absolute atomic E-state index is 0.400. The van der Waals surface area contributed by atoms with Gasteiger partial charge in [0.15, 0.2) is 0 Å². The molecule has 16 heavy (non-hydrogen) atoms. The van der Waals surface area contributed by atoms with Gasteiger partial charge >= 0.3 is 0 Å². The molecule has 0 saturated carbocycles. The highest BCUT2D eigenvalue weighted by molar-refractivity contribution is 7.09. The van der Waals surface area contributed by atoms with Crippen molar-refractivity contribution >= 4 is 11.3 Å². The number of hydrogen-bond acceptors (Lipinski definition) is 5. The summed E-state index contributed by atoms with van der Waals surface area (Å²) in [6, 6.07) is 0. The Kier molecular flexibility index (Phi) is 5.90. The fourth-order valence-corrected chi connectivity index (χ4v) is 2.09. The molecule has 1 aromatic heterocycles. The van der Waals surface area contributed by atoms with Crippen LogP contribution >= 0.6 is 11.3 Å².